The van der Waals surface area contributed by atoms with Gasteiger partial charge in [0, 0.05) is 5.56 Å². The molecule has 0 aliphatic rings. The molecule has 4 heteroatoms. The Balaban J connectivity index is 2.20. The molecule has 0 aliphatic carbocycles. The Hall–Kier alpha value is -2.07. The molecule has 0 bridgehead atoms. The Morgan fingerprint density at radius 3 is 2.50 bits per heavy atom. The van der Waals surface area contributed by atoms with Gasteiger partial charge in [-0.05, 0) is 40.5 Å². The lowest BCUT2D eigenvalue weighted by atomic mass is 10.2. The van der Waals surface area contributed by atoms with E-state index in [-0.39, 0.29) is 0 Å². The van der Waals surface area contributed by atoms with E-state index in [0.29, 0.717) is 10.4 Å². The van der Waals surface area contributed by atoms with Crippen LogP contribution in [-0.4, -0.2) is 4.57 Å². The van der Waals surface area contributed by atoms with Crippen LogP contribution >= 0.6 is 15.9 Å². The number of oxazole rings is 1. The van der Waals surface area contributed by atoms with Crippen LogP contribution in [0.3, 0.4) is 0 Å². The first-order chi connectivity index (χ1) is 9.66. The number of benzene rings is 2. The Kier molecular flexibility index (Phi) is 3.32. The van der Waals surface area contributed by atoms with Crippen LogP contribution < -0.4 is 5.76 Å². The summed E-state index contributed by atoms with van der Waals surface area (Å²) in [5.74, 6) is 0.137. The molecule has 0 N–H and O–H groups in total. The first kappa shape index (κ1) is 12.9. The van der Waals surface area contributed by atoms with Gasteiger partial charge in [-0.3, -0.25) is 0 Å². The van der Waals surface area contributed by atoms with E-state index in [4.69, 9.17) is 4.42 Å². The molecular weight excluding hydrogens is 318 g/mol. The van der Waals surface area contributed by atoms with Crippen LogP contribution in [0.1, 0.15) is 5.56 Å². The van der Waals surface area contributed by atoms with Crippen molar-refractivity contribution in [2.24, 2.45) is 0 Å². The van der Waals surface area contributed by atoms with Crippen LogP contribution in [0.2, 0.25) is 0 Å². The van der Waals surface area contributed by atoms with Crippen molar-refractivity contribution in [2.45, 2.75) is 6.92 Å². The van der Waals surface area contributed by atoms with E-state index in [1.165, 1.54) is 4.57 Å². The number of hydrogen-bond acceptors (Lipinski definition) is 2. The first-order valence-corrected chi connectivity index (χ1v) is 7.00. The molecule has 0 unspecified atom stereocenters. The van der Waals surface area contributed by atoms with Gasteiger partial charge < -0.3 is 4.42 Å². The second kappa shape index (κ2) is 5.13. The van der Waals surface area contributed by atoms with Crippen molar-refractivity contribution < 1.29 is 4.42 Å². The molecule has 3 nitrogen and oxygen atoms in total. The van der Waals surface area contributed by atoms with Crippen LogP contribution in [0.15, 0.2) is 68.4 Å². The number of aryl methyl sites for hydroxylation is 1. The zero-order valence-electron chi connectivity index (χ0n) is 10.8. The third kappa shape index (κ3) is 2.23. The molecule has 1 heterocycles. The quantitative estimate of drug-likeness (QED) is 0.707. The maximum absolute atomic E-state index is 12.1. The van der Waals surface area contributed by atoms with E-state index in [1.54, 1.807) is 0 Å². The van der Waals surface area contributed by atoms with Gasteiger partial charge in [-0.25, -0.2) is 9.36 Å². The van der Waals surface area contributed by atoms with Gasteiger partial charge >= 0.3 is 5.76 Å². The Morgan fingerprint density at radius 2 is 1.80 bits per heavy atom. The van der Waals surface area contributed by atoms with Crippen LogP contribution in [0, 0.1) is 6.92 Å². The van der Waals surface area contributed by atoms with Gasteiger partial charge in [0.25, 0.3) is 0 Å². The van der Waals surface area contributed by atoms with Crippen molar-refractivity contribution in [2.75, 3.05) is 0 Å². The number of halogens is 1. The number of nitrogens with zero attached hydrogens (tertiary/aromatic N) is 1. The average molecular weight is 330 g/mol. The maximum atomic E-state index is 12.1. The number of hydrogen-bond donors (Lipinski definition) is 0. The summed E-state index contributed by atoms with van der Waals surface area (Å²) in [5.41, 5.74) is 2.74. The molecule has 0 aliphatic heterocycles. The van der Waals surface area contributed by atoms with Crippen LogP contribution in [0.5, 0.6) is 0 Å². The summed E-state index contributed by atoms with van der Waals surface area (Å²) < 4.78 is 7.53. The van der Waals surface area contributed by atoms with Gasteiger partial charge in [-0.2, -0.15) is 0 Å². The standard InChI is InChI=1S/C16H12BrNO2/c1-11-6-5-9-13(10-11)18-15(17)14(20-16(18)19)12-7-3-2-4-8-12/h2-10H,1H3. The van der Waals surface area contributed by atoms with Crippen LogP contribution in [0.25, 0.3) is 17.0 Å². The van der Waals surface area contributed by atoms with Gasteiger partial charge in [-0.15, -0.1) is 0 Å². The Labute approximate surface area is 124 Å². The van der Waals surface area contributed by atoms with Crippen molar-refractivity contribution >= 4 is 15.9 Å². The normalized spacial score (nSPS) is 10.7. The molecule has 0 spiro atoms. The minimum atomic E-state index is -0.402. The molecule has 3 rings (SSSR count). The SMILES string of the molecule is Cc1cccc(-n2c(Br)c(-c3ccccc3)oc2=O)c1. The smallest absolute Gasteiger partial charge is 0.406 e. The molecule has 0 fully saturated rings. The molecule has 0 atom stereocenters. The first-order valence-electron chi connectivity index (χ1n) is 6.20. The Morgan fingerprint density at radius 1 is 1.05 bits per heavy atom. The molecular formula is C16H12BrNO2. The summed E-state index contributed by atoms with van der Waals surface area (Å²) in [5, 5.41) is 0. The maximum Gasteiger partial charge on any atom is 0.425 e. The van der Waals surface area contributed by atoms with Gasteiger partial charge in [0.2, 0.25) is 0 Å². The monoisotopic (exact) mass is 329 g/mol. The van der Waals surface area contributed by atoms with Crippen LogP contribution in [0.4, 0.5) is 0 Å². The number of rotatable bonds is 2. The van der Waals surface area contributed by atoms with E-state index in [1.807, 2.05) is 61.5 Å². The van der Waals surface area contributed by atoms with Gasteiger partial charge in [0.05, 0.1) is 5.69 Å². The predicted octanol–water partition coefficient (Wildman–Crippen LogP) is 4.17. The molecule has 100 valence electrons. The lowest BCUT2D eigenvalue weighted by Gasteiger charge is -2.03. The number of aromatic nitrogens is 1. The fraction of sp³-hybridized carbons (Fsp3) is 0.0625. The topological polar surface area (TPSA) is 35.1 Å². The van der Waals surface area contributed by atoms with Crippen molar-refractivity contribution in [1.82, 2.24) is 4.57 Å². The van der Waals surface area contributed by atoms with E-state index < -0.39 is 5.76 Å². The van der Waals surface area contributed by atoms with Crippen molar-refractivity contribution in [3.05, 3.63) is 75.3 Å². The fourth-order valence-corrected chi connectivity index (χ4v) is 2.77. The molecule has 0 amide bonds. The van der Waals surface area contributed by atoms with E-state index in [2.05, 4.69) is 15.9 Å². The Bertz CT molecular complexity index is 803. The minimum absolute atomic E-state index is 0.402. The molecule has 3 aromatic rings. The minimum Gasteiger partial charge on any atom is -0.406 e. The van der Waals surface area contributed by atoms with Crippen molar-refractivity contribution in [3.63, 3.8) is 0 Å². The molecule has 20 heavy (non-hydrogen) atoms. The highest BCUT2D eigenvalue weighted by Crippen LogP contribution is 2.29. The summed E-state index contributed by atoms with van der Waals surface area (Å²) >= 11 is 3.47. The fourth-order valence-electron chi connectivity index (χ4n) is 2.11. The average Bonchev–Trinajstić information content (AvgIpc) is 2.75. The van der Waals surface area contributed by atoms with Gasteiger partial charge in [-0.1, -0.05) is 42.5 Å². The van der Waals surface area contributed by atoms with Crippen molar-refractivity contribution in [1.29, 1.82) is 0 Å². The predicted molar refractivity (Wildman–Crippen MR) is 82.2 cm³/mol. The largest absolute Gasteiger partial charge is 0.425 e. The molecule has 0 radical (unpaired) electrons. The van der Waals surface area contributed by atoms with Crippen LogP contribution in [-0.2, 0) is 0 Å². The summed E-state index contributed by atoms with van der Waals surface area (Å²) in [6, 6.07) is 17.3. The zero-order chi connectivity index (χ0) is 14.1. The van der Waals surface area contributed by atoms with E-state index in [0.717, 1.165) is 16.8 Å². The lowest BCUT2D eigenvalue weighted by molar-refractivity contribution is 0.516. The highest BCUT2D eigenvalue weighted by Gasteiger charge is 2.17. The zero-order valence-corrected chi connectivity index (χ0v) is 12.4. The van der Waals surface area contributed by atoms with E-state index >= 15 is 0 Å². The van der Waals surface area contributed by atoms with Gasteiger partial charge in [0.15, 0.2) is 5.76 Å². The van der Waals surface area contributed by atoms with E-state index in [9.17, 15) is 4.79 Å². The third-order valence-electron chi connectivity index (χ3n) is 3.05. The molecule has 0 saturated carbocycles. The second-order valence-corrected chi connectivity index (χ2v) is 5.28. The van der Waals surface area contributed by atoms with Crippen molar-refractivity contribution in [3.8, 4) is 17.0 Å². The molecule has 2 aromatic carbocycles. The summed E-state index contributed by atoms with van der Waals surface area (Å²) in [7, 11) is 0. The van der Waals surface area contributed by atoms with Gasteiger partial charge in [0.1, 0.15) is 4.60 Å². The summed E-state index contributed by atoms with van der Waals surface area (Å²) in [4.78, 5) is 12.1. The highest BCUT2D eigenvalue weighted by molar-refractivity contribution is 9.10. The second-order valence-electron chi connectivity index (χ2n) is 4.53. The lowest BCUT2D eigenvalue weighted by Crippen LogP contribution is -2.12. The summed E-state index contributed by atoms with van der Waals surface area (Å²) in [6.45, 7) is 1.99. The summed E-state index contributed by atoms with van der Waals surface area (Å²) in [6.07, 6.45) is 0. The molecule has 0 saturated heterocycles. The molecule has 1 aromatic heterocycles. The highest BCUT2D eigenvalue weighted by atomic mass is 79.9. The third-order valence-corrected chi connectivity index (χ3v) is 3.77.